The Morgan fingerprint density at radius 3 is 2.41 bits per heavy atom. The van der Waals surface area contributed by atoms with Crippen LogP contribution in [0, 0.1) is 0 Å². The molecule has 0 fully saturated rings. The lowest BCUT2D eigenvalue weighted by Crippen LogP contribution is -2.32. The van der Waals surface area contributed by atoms with Crippen molar-refractivity contribution in [1.82, 2.24) is 10.6 Å². The average molecular weight is 443 g/mol. The van der Waals surface area contributed by atoms with Gasteiger partial charge in [0.15, 0.2) is 6.49 Å². The summed E-state index contributed by atoms with van der Waals surface area (Å²) < 4.78 is 10.3. The van der Waals surface area contributed by atoms with Gasteiger partial charge in [0.2, 0.25) is 5.91 Å². The van der Waals surface area contributed by atoms with Crippen molar-refractivity contribution in [2.45, 2.75) is 57.1 Å². The van der Waals surface area contributed by atoms with Gasteiger partial charge in [-0.2, -0.15) is 11.8 Å². The van der Waals surface area contributed by atoms with E-state index < -0.39 is 12.6 Å². The third-order valence-corrected chi connectivity index (χ3v) is 6.12. The summed E-state index contributed by atoms with van der Waals surface area (Å²) in [4.78, 5) is 32.6. The topological polar surface area (TPSA) is 96.9 Å². The lowest BCUT2D eigenvalue weighted by Gasteiger charge is -2.21. The van der Waals surface area contributed by atoms with Crippen molar-refractivity contribution in [3.63, 3.8) is 0 Å². The number of unbranched alkanes of at least 4 members (excludes halogenated alkanes) is 3. The van der Waals surface area contributed by atoms with Crippen molar-refractivity contribution in [3.05, 3.63) is 0 Å². The average Bonchev–Trinajstić information content (AvgIpc) is 2.58. The molecule has 0 aliphatic rings. The van der Waals surface area contributed by atoms with Crippen molar-refractivity contribution < 1.29 is 23.7 Å². The fraction of sp³-hybridized carbons (Fsp3) is 0.882. The predicted molar refractivity (Wildman–Crippen MR) is 116 cm³/mol. The van der Waals surface area contributed by atoms with Crippen LogP contribution < -0.4 is 10.6 Å². The van der Waals surface area contributed by atoms with Crippen LogP contribution in [0.2, 0.25) is 0 Å². The number of carbonyl (C=O) groups excluding carboxylic acids is 2. The normalized spacial score (nSPS) is 13.7. The molecule has 160 valence electrons. The molecule has 0 saturated heterocycles. The van der Waals surface area contributed by atoms with Crippen molar-refractivity contribution in [2.75, 3.05) is 39.2 Å². The van der Waals surface area contributed by atoms with E-state index in [0.717, 1.165) is 32.1 Å². The summed E-state index contributed by atoms with van der Waals surface area (Å²) in [6.45, 7) is 4.71. The molecule has 1 unspecified atom stereocenters. The Labute approximate surface area is 172 Å². The van der Waals surface area contributed by atoms with Crippen LogP contribution in [0.3, 0.4) is 0 Å². The summed E-state index contributed by atoms with van der Waals surface area (Å²) in [5.74, 6) is -0.0233. The number of ether oxygens (including phenoxy) is 1. The first-order valence-electron chi connectivity index (χ1n) is 9.23. The Balaban J connectivity index is 3.49. The molecule has 0 aliphatic carbocycles. The molecule has 0 aromatic rings. The van der Waals surface area contributed by atoms with Crippen LogP contribution in [-0.4, -0.2) is 60.9 Å². The minimum Gasteiger partial charge on any atom is -0.448 e. The van der Waals surface area contributed by atoms with Crippen LogP contribution in [0.15, 0.2) is 0 Å². The molecule has 0 heterocycles. The largest absolute Gasteiger partial charge is 0.448 e. The molecule has 0 rings (SSSR count). The van der Waals surface area contributed by atoms with Crippen molar-refractivity contribution in [3.8, 4) is 0 Å². The molecule has 10 heteroatoms. The fourth-order valence-corrected chi connectivity index (χ4v) is 2.99. The van der Waals surface area contributed by atoms with Crippen LogP contribution in [0.4, 0.5) is 4.79 Å². The van der Waals surface area contributed by atoms with Crippen molar-refractivity contribution in [1.29, 1.82) is 0 Å². The molecule has 0 aromatic heterocycles. The van der Waals surface area contributed by atoms with E-state index in [1.54, 1.807) is 11.8 Å². The van der Waals surface area contributed by atoms with Gasteiger partial charge in [-0.05, 0) is 37.3 Å². The molecule has 7 nitrogen and oxygen atoms in total. The number of hydrogen-bond donors (Lipinski definition) is 3. The van der Waals surface area contributed by atoms with E-state index in [-0.39, 0.29) is 17.3 Å². The first-order valence-corrected chi connectivity index (χ1v) is 13.6. The highest BCUT2D eigenvalue weighted by molar-refractivity contribution is 8.09. The standard InChI is InChI=1S/C17H35N2O5PS2/c1-17(2,27-4)10-9-15(20)18-12-14-23-16(21)19-11-7-5-6-8-13-24-25(3,22)26/h5-14H2,1-4H3,(H,18,20)(H,19,21)(H,22,26). The number of amides is 2. The molecular formula is C17H35N2O5PS2. The molecule has 0 aromatic carbocycles. The van der Waals surface area contributed by atoms with Crippen LogP contribution >= 0.6 is 18.3 Å². The number of alkyl carbamates (subject to hydrolysis) is 1. The fourth-order valence-electron chi connectivity index (χ4n) is 2.00. The van der Waals surface area contributed by atoms with Gasteiger partial charge in [0.05, 0.1) is 13.2 Å². The smallest absolute Gasteiger partial charge is 0.407 e. The summed E-state index contributed by atoms with van der Waals surface area (Å²) >= 11 is 6.52. The van der Waals surface area contributed by atoms with Crippen molar-refractivity contribution in [2.24, 2.45) is 0 Å². The van der Waals surface area contributed by atoms with E-state index >= 15 is 0 Å². The highest BCUT2D eigenvalue weighted by atomic mass is 32.5. The van der Waals surface area contributed by atoms with Crippen LogP contribution in [-0.2, 0) is 25.9 Å². The second-order valence-electron chi connectivity index (χ2n) is 6.93. The van der Waals surface area contributed by atoms with E-state index in [1.807, 2.05) is 6.26 Å². The Hall–Kier alpha value is -0.340. The third-order valence-electron chi connectivity index (χ3n) is 3.84. The highest BCUT2D eigenvalue weighted by Crippen LogP contribution is 2.37. The zero-order valence-corrected chi connectivity index (χ0v) is 19.4. The zero-order chi connectivity index (χ0) is 20.8. The van der Waals surface area contributed by atoms with Gasteiger partial charge in [-0.3, -0.25) is 4.79 Å². The maximum atomic E-state index is 11.7. The lowest BCUT2D eigenvalue weighted by atomic mass is 10.1. The second-order valence-corrected chi connectivity index (χ2v) is 12.3. The molecule has 3 N–H and O–H groups in total. The van der Waals surface area contributed by atoms with Gasteiger partial charge in [-0.25, -0.2) is 4.79 Å². The van der Waals surface area contributed by atoms with Crippen LogP contribution in [0.5, 0.6) is 0 Å². The number of hydrogen-bond acceptors (Lipinski definition) is 6. The molecular weight excluding hydrogens is 407 g/mol. The summed E-state index contributed by atoms with van der Waals surface area (Å²) in [7, 11) is 0. The highest BCUT2D eigenvalue weighted by Gasteiger charge is 2.17. The zero-order valence-electron chi connectivity index (χ0n) is 16.9. The second kappa shape index (κ2) is 14.6. The van der Waals surface area contributed by atoms with Crippen LogP contribution in [0.1, 0.15) is 52.4 Å². The predicted octanol–water partition coefficient (Wildman–Crippen LogP) is 3.26. The van der Waals surface area contributed by atoms with E-state index in [2.05, 4.69) is 24.5 Å². The van der Waals surface area contributed by atoms with E-state index in [9.17, 15) is 14.5 Å². The van der Waals surface area contributed by atoms with Crippen molar-refractivity contribution >= 4 is 42.1 Å². The van der Waals surface area contributed by atoms with Gasteiger partial charge in [0, 0.05) is 24.4 Å². The van der Waals surface area contributed by atoms with Gasteiger partial charge >= 0.3 is 6.09 Å². The third kappa shape index (κ3) is 18.8. The summed E-state index contributed by atoms with van der Waals surface area (Å²) in [6.07, 6.45) is 6.42. The Morgan fingerprint density at radius 1 is 1.11 bits per heavy atom. The first kappa shape index (κ1) is 26.7. The molecule has 0 saturated carbocycles. The molecule has 0 aliphatic heterocycles. The van der Waals surface area contributed by atoms with E-state index in [0.29, 0.717) is 26.1 Å². The maximum Gasteiger partial charge on any atom is 0.407 e. The molecule has 2 amide bonds. The van der Waals surface area contributed by atoms with E-state index in [1.165, 1.54) is 6.66 Å². The summed E-state index contributed by atoms with van der Waals surface area (Å²) in [5, 5.41) is 5.43. The molecule has 27 heavy (non-hydrogen) atoms. The Bertz CT molecular complexity index is 486. The quantitative estimate of drug-likeness (QED) is 0.265. The first-order chi connectivity index (χ1) is 12.6. The van der Waals surface area contributed by atoms with Gasteiger partial charge in [-0.1, -0.05) is 26.7 Å². The molecule has 1 atom stereocenters. The summed E-state index contributed by atoms with van der Waals surface area (Å²) in [5.41, 5.74) is 0. The van der Waals surface area contributed by atoms with Crippen LogP contribution in [0.25, 0.3) is 0 Å². The summed E-state index contributed by atoms with van der Waals surface area (Å²) in [6, 6.07) is 0. The number of rotatable bonds is 15. The molecule has 0 spiro atoms. The molecule has 0 bridgehead atoms. The molecule has 0 radical (unpaired) electrons. The maximum absolute atomic E-state index is 11.7. The number of carbonyl (C=O) groups is 2. The Kier molecular flexibility index (Phi) is 14.4. The minimum atomic E-state index is -2.54. The van der Waals surface area contributed by atoms with Gasteiger partial charge < -0.3 is 24.8 Å². The van der Waals surface area contributed by atoms with E-state index in [4.69, 9.17) is 21.1 Å². The van der Waals surface area contributed by atoms with Gasteiger partial charge in [0.1, 0.15) is 6.61 Å². The Morgan fingerprint density at radius 2 is 1.78 bits per heavy atom. The number of nitrogens with one attached hydrogen (secondary N) is 2. The number of thioether (sulfide) groups is 1. The van der Waals surface area contributed by atoms with Gasteiger partial charge in [-0.15, -0.1) is 0 Å². The SMILES string of the molecule is CSC(C)(C)CCC(=O)NCCOC(=O)NCCCCCCOP(C)(O)=S. The monoisotopic (exact) mass is 442 g/mol. The minimum absolute atomic E-state index is 0.0233. The van der Waals surface area contributed by atoms with Gasteiger partial charge in [0.25, 0.3) is 0 Å². The lowest BCUT2D eigenvalue weighted by molar-refractivity contribution is -0.121.